The third-order valence-corrected chi connectivity index (χ3v) is 5.57. The van der Waals surface area contributed by atoms with Gasteiger partial charge in [0.25, 0.3) is 0 Å². The van der Waals surface area contributed by atoms with E-state index < -0.39 is 11.8 Å². The van der Waals surface area contributed by atoms with Crippen molar-refractivity contribution in [2.75, 3.05) is 12.4 Å². The fourth-order valence-corrected chi connectivity index (χ4v) is 3.64. The Morgan fingerprint density at radius 3 is 2.42 bits per heavy atom. The highest BCUT2D eigenvalue weighted by Crippen LogP contribution is 2.27. The van der Waals surface area contributed by atoms with E-state index in [-0.39, 0.29) is 6.42 Å². The predicted octanol–water partition coefficient (Wildman–Crippen LogP) is 5.56. The van der Waals surface area contributed by atoms with Gasteiger partial charge >= 0.3 is 0 Å². The maximum Gasteiger partial charge on any atom is 0.249 e. The van der Waals surface area contributed by atoms with Crippen LogP contribution in [0.25, 0.3) is 10.8 Å². The zero-order valence-electron chi connectivity index (χ0n) is 19.5. The lowest BCUT2D eigenvalue weighted by Crippen LogP contribution is -2.24. The molecule has 2 N–H and O–H groups in total. The van der Waals surface area contributed by atoms with Gasteiger partial charge in [-0.25, -0.2) is 5.43 Å². The van der Waals surface area contributed by atoms with Crippen molar-refractivity contribution in [3.05, 3.63) is 101 Å². The SMILES string of the molecule is COc1ccc(NC(=O)CC(=O)NN=Cc2c(OCc3ccc(Cl)cc3)ccc3ccccc23)cc1. The quantitative estimate of drug-likeness (QED) is 0.178. The number of hydrogen-bond acceptors (Lipinski definition) is 5. The van der Waals surface area contributed by atoms with Gasteiger partial charge < -0.3 is 14.8 Å². The number of carbonyl (C=O) groups is 2. The molecule has 8 heteroatoms. The average Bonchev–Trinajstić information content (AvgIpc) is 2.89. The molecule has 4 aromatic carbocycles. The van der Waals surface area contributed by atoms with Gasteiger partial charge in [0.1, 0.15) is 24.5 Å². The molecule has 0 heterocycles. The van der Waals surface area contributed by atoms with Gasteiger partial charge in [0, 0.05) is 16.3 Å². The average molecular weight is 502 g/mol. The minimum atomic E-state index is -0.541. The molecule has 2 amide bonds. The highest BCUT2D eigenvalue weighted by atomic mass is 35.5. The molecule has 0 aliphatic heterocycles. The van der Waals surface area contributed by atoms with Crippen LogP contribution in [0.1, 0.15) is 17.5 Å². The second kappa shape index (κ2) is 11.9. The van der Waals surface area contributed by atoms with Crippen LogP contribution in [0.15, 0.2) is 90.0 Å². The van der Waals surface area contributed by atoms with Crippen LogP contribution >= 0.6 is 11.6 Å². The molecule has 36 heavy (non-hydrogen) atoms. The Labute approximate surface area is 213 Å². The molecule has 0 atom stereocenters. The first kappa shape index (κ1) is 24.8. The van der Waals surface area contributed by atoms with Gasteiger partial charge in [0.05, 0.1) is 13.3 Å². The summed E-state index contributed by atoms with van der Waals surface area (Å²) in [5, 5.41) is 9.33. The van der Waals surface area contributed by atoms with Crippen molar-refractivity contribution in [3.63, 3.8) is 0 Å². The topological polar surface area (TPSA) is 89.0 Å². The molecule has 0 aliphatic carbocycles. The van der Waals surface area contributed by atoms with Crippen LogP contribution in [0.5, 0.6) is 11.5 Å². The van der Waals surface area contributed by atoms with E-state index in [1.54, 1.807) is 31.4 Å². The van der Waals surface area contributed by atoms with Crippen LogP contribution in [-0.2, 0) is 16.2 Å². The number of nitrogens with zero attached hydrogens (tertiary/aromatic N) is 1. The van der Waals surface area contributed by atoms with Crippen LogP contribution in [0.4, 0.5) is 5.69 Å². The second-order valence-electron chi connectivity index (χ2n) is 7.86. The third-order valence-electron chi connectivity index (χ3n) is 5.32. The zero-order valence-corrected chi connectivity index (χ0v) is 20.3. The Morgan fingerprint density at radius 1 is 0.917 bits per heavy atom. The molecule has 4 aromatic rings. The maximum atomic E-state index is 12.3. The molecule has 0 spiro atoms. The van der Waals surface area contributed by atoms with Crippen LogP contribution in [0.3, 0.4) is 0 Å². The van der Waals surface area contributed by atoms with Crippen molar-refractivity contribution in [3.8, 4) is 11.5 Å². The van der Waals surface area contributed by atoms with Gasteiger partial charge in [-0.05, 0) is 58.8 Å². The van der Waals surface area contributed by atoms with Crippen LogP contribution in [0, 0.1) is 0 Å². The van der Waals surface area contributed by atoms with Gasteiger partial charge in [-0.3, -0.25) is 9.59 Å². The molecule has 0 aliphatic rings. The molecule has 0 bridgehead atoms. The van der Waals surface area contributed by atoms with Crippen molar-refractivity contribution in [2.24, 2.45) is 5.10 Å². The summed E-state index contributed by atoms with van der Waals surface area (Å²) < 4.78 is 11.1. The summed E-state index contributed by atoms with van der Waals surface area (Å²) in [7, 11) is 1.56. The number of hydrogen-bond donors (Lipinski definition) is 2. The normalized spacial score (nSPS) is 10.8. The fraction of sp³-hybridized carbons (Fsp3) is 0.107. The highest BCUT2D eigenvalue weighted by Gasteiger charge is 2.11. The summed E-state index contributed by atoms with van der Waals surface area (Å²) in [5.41, 5.74) is 4.66. The van der Waals surface area contributed by atoms with E-state index in [1.165, 1.54) is 6.21 Å². The first-order chi connectivity index (χ1) is 17.5. The lowest BCUT2D eigenvalue weighted by Gasteiger charge is -2.12. The molecule has 0 unspecified atom stereocenters. The van der Waals surface area contributed by atoms with Crippen molar-refractivity contribution in [2.45, 2.75) is 13.0 Å². The summed E-state index contributed by atoms with van der Waals surface area (Å²) in [4.78, 5) is 24.5. The summed E-state index contributed by atoms with van der Waals surface area (Å²) in [6.07, 6.45) is 1.15. The first-order valence-corrected chi connectivity index (χ1v) is 11.5. The van der Waals surface area contributed by atoms with Crippen LogP contribution < -0.4 is 20.2 Å². The van der Waals surface area contributed by atoms with Gasteiger partial charge in [-0.2, -0.15) is 5.10 Å². The van der Waals surface area contributed by atoms with E-state index in [2.05, 4.69) is 15.8 Å². The van der Waals surface area contributed by atoms with Gasteiger partial charge in [0.15, 0.2) is 0 Å². The number of fused-ring (bicyclic) bond motifs is 1. The standard InChI is InChI=1S/C28H24ClN3O4/c1-35-23-13-11-22(12-14-23)31-27(33)16-28(34)32-30-17-25-24-5-3-2-4-20(24)8-15-26(25)36-18-19-6-9-21(29)10-7-19/h2-15,17H,16,18H2,1H3,(H,31,33)(H,32,34). The van der Waals surface area contributed by atoms with Crippen molar-refractivity contribution >= 4 is 46.1 Å². The molecule has 0 saturated carbocycles. The number of hydrazone groups is 1. The molecule has 0 aromatic heterocycles. The smallest absolute Gasteiger partial charge is 0.249 e. The number of methoxy groups -OCH3 is 1. The highest BCUT2D eigenvalue weighted by molar-refractivity contribution is 6.30. The lowest BCUT2D eigenvalue weighted by molar-refractivity contribution is -0.126. The molecule has 182 valence electrons. The number of rotatable bonds is 9. The maximum absolute atomic E-state index is 12.3. The molecular weight excluding hydrogens is 478 g/mol. The largest absolute Gasteiger partial charge is 0.497 e. The van der Waals surface area contributed by atoms with Crippen LogP contribution in [-0.4, -0.2) is 25.1 Å². The molecule has 0 fully saturated rings. The van der Waals surface area contributed by atoms with E-state index >= 15 is 0 Å². The second-order valence-corrected chi connectivity index (χ2v) is 8.30. The van der Waals surface area contributed by atoms with Gasteiger partial charge in [-0.15, -0.1) is 0 Å². The number of ether oxygens (including phenoxy) is 2. The zero-order chi connectivity index (χ0) is 25.3. The van der Waals surface area contributed by atoms with E-state index in [4.69, 9.17) is 21.1 Å². The number of nitrogens with one attached hydrogen (secondary N) is 2. The van der Waals surface area contributed by atoms with E-state index in [0.29, 0.717) is 34.4 Å². The number of anilines is 1. The Hall–Kier alpha value is -4.36. The van der Waals surface area contributed by atoms with Crippen molar-refractivity contribution < 1.29 is 19.1 Å². The summed E-state index contributed by atoms with van der Waals surface area (Å²) in [5.74, 6) is 0.287. The number of carbonyl (C=O) groups excluding carboxylic acids is 2. The Morgan fingerprint density at radius 2 is 1.67 bits per heavy atom. The van der Waals surface area contributed by atoms with Crippen molar-refractivity contribution in [1.29, 1.82) is 0 Å². The van der Waals surface area contributed by atoms with Gasteiger partial charge in [0.2, 0.25) is 11.8 Å². The molecule has 7 nitrogen and oxygen atoms in total. The summed E-state index contributed by atoms with van der Waals surface area (Å²) >= 11 is 5.96. The Balaban J connectivity index is 1.42. The predicted molar refractivity (Wildman–Crippen MR) is 142 cm³/mol. The van der Waals surface area contributed by atoms with Gasteiger partial charge in [-0.1, -0.05) is 54.1 Å². The van der Waals surface area contributed by atoms with Crippen molar-refractivity contribution in [1.82, 2.24) is 5.43 Å². The third kappa shape index (κ3) is 6.61. The molecule has 0 saturated heterocycles. The van der Waals surface area contributed by atoms with E-state index in [0.717, 1.165) is 16.3 Å². The molecule has 0 radical (unpaired) electrons. The first-order valence-electron chi connectivity index (χ1n) is 11.2. The summed E-state index contributed by atoms with van der Waals surface area (Å²) in [6.45, 7) is 0.342. The molecule has 4 rings (SSSR count). The Bertz CT molecular complexity index is 1390. The fourth-order valence-electron chi connectivity index (χ4n) is 3.51. The van der Waals surface area contributed by atoms with Crippen LogP contribution in [0.2, 0.25) is 5.02 Å². The summed E-state index contributed by atoms with van der Waals surface area (Å²) in [6, 6.07) is 25.9. The monoisotopic (exact) mass is 501 g/mol. The number of halogens is 1. The van der Waals surface area contributed by atoms with E-state index in [9.17, 15) is 9.59 Å². The number of amides is 2. The molecular formula is C28H24ClN3O4. The minimum Gasteiger partial charge on any atom is -0.497 e. The minimum absolute atomic E-state index is 0.342. The van der Waals surface area contributed by atoms with E-state index in [1.807, 2.05) is 60.7 Å². The lowest BCUT2D eigenvalue weighted by atomic mass is 10.0. The Kier molecular flexibility index (Phi) is 8.16. The number of benzene rings is 4.